The summed E-state index contributed by atoms with van der Waals surface area (Å²) in [7, 11) is 1.89. The summed E-state index contributed by atoms with van der Waals surface area (Å²) < 4.78 is 1.77. The second-order valence-corrected chi connectivity index (χ2v) is 3.54. The van der Waals surface area contributed by atoms with Crippen LogP contribution in [0.4, 0.5) is 0 Å². The van der Waals surface area contributed by atoms with Gasteiger partial charge in [-0.3, -0.25) is 16.0 Å². The SMILES string of the molecule is Cn1ccc(CC(NN)c2ccncn2)n1. The quantitative estimate of drug-likeness (QED) is 0.555. The van der Waals surface area contributed by atoms with Crippen molar-refractivity contribution in [2.75, 3.05) is 0 Å². The molecule has 0 aliphatic heterocycles. The highest BCUT2D eigenvalue weighted by atomic mass is 15.3. The average Bonchev–Trinajstić information content (AvgIpc) is 2.73. The lowest BCUT2D eigenvalue weighted by Gasteiger charge is -2.13. The zero-order valence-electron chi connectivity index (χ0n) is 9.04. The van der Waals surface area contributed by atoms with Crippen LogP contribution in [0.3, 0.4) is 0 Å². The molecule has 0 saturated carbocycles. The van der Waals surface area contributed by atoms with Crippen molar-refractivity contribution in [1.29, 1.82) is 0 Å². The molecule has 0 aliphatic carbocycles. The van der Waals surface area contributed by atoms with Crippen LogP contribution in [0.5, 0.6) is 0 Å². The predicted molar refractivity (Wildman–Crippen MR) is 59.0 cm³/mol. The molecule has 0 saturated heterocycles. The van der Waals surface area contributed by atoms with Gasteiger partial charge in [-0.05, 0) is 12.1 Å². The van der Waals surface area contributed by atoms with E-state index in [9.17, 15) is 0 Å². The van der Waals surface area contributed by atoms with E-state index in [1.165, 1.54) is 6.33 Å². The van der Waals surface area contributed by atoms with Gasteiger partial charge in [-0.1, -0.05) is 0 Å². The fraction of sp³-hybridized carbons (Fsp3) is 0.300. The molecule has 84 valence electrons. The van der Waals surface area contributed by atoms with Gasteiger partial charge in [-0.15, -0.1) is 0 Å². The first kappa shape index (κ1) is 10.7. The summed E-state index contributed by atoms with van der Waals surface area (Å²) in [5, 5.41) is 4.30. The molecule has 16 heavy (non-hydrogen) atoms. The molecule has 2 aromatic heterocycles. The van der Waals surface area contributed by atoms with Crippen LogP contribution in [0, 0.1) is 0 Å². The van der Waals surface area contributed by atoms with Gasteiger partial charge in [0.25, 0.3) is 0 Å². The Bertz CT molecular complexity index is 438. The Balaban J connectivity index is 2.12. The Morgan fingerprint density at radius 3 is 2.94 bits per heavy atom. The van der Waals surface area contributed by atoms with E-state index in [1.807, 2.05) is 25.4 Å². The number of aryl methyl sites for hydroxylation is 1. The Morgan fingerprint density at radius 2 is 2.38 bits per heavy atom. The van der Waals surface area contributed by atoms with Crippen LogP contribution < -0.4 is 11.3 Å². The predicted octanol–water partition coefficient (Wildman–Crippen LogP) is -0.0428. The van der Waals surface area contributed by atoms with E-state index in [0.29, 0.717) is 6.42 Å². The number of hydrogen-bond acceptors (Lipinski definition) is 5. The van der Waals surface area contributed by atoms with E-state index in [2.05, 4.69) is 20.5 Å². The van der Waals surface area contributed by atoms with Gasteiger partial charge in [0, 0.05) is 25.9 Å². The number of nitrogens with one attached hydrogen (secondary N) is 1. The van der Waals surface area contributed by atoms with Gasteiger partial charge in [0.2, 0.25) is 0 Å². The van der Waals surface area contributed by atoms with E-state index >= 15 is 0 Å². The van der Waals surface area contributed by atoms with Crippen LogP contribution in [-0.2, 0) is 13.5 Å². The molecular weight excluding hydrogens is 204 g/mol. The van der Waals surface area contributed by atoms with Crippen molar-refractivity contribution < 1.29 is 0 Å². The highest BCUT2D eigenvalue weighted by Gasteiger charge is 2.12. The van der Waals surface area contributed by atoms with E-state index in [4.69, 9.17) is 5.84 Å². The van der Waals surface area contributed by atoms with E-state index < -0.39 is 0 Å². The molecule has 0 amide bonds. The molecule has 0 aliphatic rings. The molecule has 1 unspecified atom stereocenters. The minimum absolute atomic E-state index is 0.0436. The molecule has 0 aromatic carbocycles. The number of aromatic nitrogens is 4. The van der Waals surface area contributed by atoms with E-state index in [-0.39, 0.29) is 6.04 Å². The maximum atomic E-state index is 5.51. The van der Waals surface area contributed by atoms with Crippen molar-refractivity contribution in [1.82, 2.24) is 25.2 Å². The van der Waals surface area contributed by atoms with Crippen LogP contribution in [0.25, 0.3) is 0 Å². The van der Waals surface area contributed by atoms with Crippen LogP contribution >= 0.6 is 0 Å². The smallest absolute Gasteiger partial charge is 0.115 e. The molecule has 6 nitrogen and oxygen atoms in total. The maximum Gasteiger partial charge on any atom is 0.115 e. The van der Waals surface area contributed by atoms with Gasteiger partial charge >= 0.3 is 0 Å². The number of rotatable bonds is 4. The number of hydrazine groups is 1. The van der Waals surface area contributed by atoms with Crippen molar-refractivity contribution in [2.24, 2.45) is 12.9 Å². The third kappa shape index (κ3) is 2.41. The maximum absolute atomic E-state index is 5.51. The first-order chi connectivity index (χ1) is 7.79. The molecule has 6 heteroatoms. The highest BCUT2D eigenvalue weighted by molar-refractivity contribution is 5.10. The summed E-state index contributed by atoms with van der Waals surface area (Å²) in [6.07, 6.45) is 5.82. The monoisotopic (exact) mass is 218 g/mol. The second kappa shape index (κ2) is 4.82. The molecule has 0 fully saturated rings. The third-order valence-electron chi connectivity index (χ3n) is 2.35. The summed E-state index contributed by atoms with van der Waals surface area (Å²) >= 11 is 0. The molecule has 0 bridgehead atoms. The van der Waals surface area contributed by atoms with Gasteiger partial charge in [-0.25, -0.2) is 9.97 Å². The van der Waals surface area contributed by atoms with Crippen LogP contribution in [0.1, 0.15) is 17.4 Å². The largest absolute Gasteiger partial charge is 0.276 e. The van der Waals surface area contributed by atoms with Crippen LogP contribution in [0.15, 0.2) is 30.9 Å². The lowest BCUT2D eigenvalue weighted by Crippen LogP contribution is -2.30. The Labute approximate surface area is 93.5 Å². The van der Waals surface area contributed by atoms with Gasteiger partial charge in [-0.2, -0.15) is 5.10 Å². The number of nitrogens with zero attached hydrogens (tertiary/aromatic N) is 4. The summed E-state index contributed by atoms with van der Waals surface area (Å²) in [4.78, 5) is 8.04. The van der Waals surface area contributed by atoms with Gasteiger partial charge in [0.1, 0.15) is 6.33 Å². The van der Waals surface area contributed by atoms with Crippen molar-refractivity contribution >= 4 is 0 Å². The molecule has 2 aromatic rings. The fourth-order valence-corrected chi connectivity index (χ4v) is 1.54. The number of nitrogens with two attached hydrogens (primary N) is 1. The van der Waals surface area contributed by atoms with Gasteiger partial charge in [0.15, 0.2) is 0 Å². The zero-order valence-corrected chi connectivity index (χ0v) is 9.04. The third-order valence-corrected chi connectivity index (χ3v) is 2.35. The van der Waals surface area contributed by atoms with E-state index in [0.717, 1.165) is 11.4 Å². The summed E-state index contributed by atoms with van der Waals surface area (Å²) in [6, 6.07) is 3.76. The van der Waals surface area contributed by atoms with Crippen LogP contribution in [0.2, 0.25) is 0 Å². The lowest BCUT2D eigenvalue weighted by molar-refractivity contribution is 0.527. The van der Waals surface area contributed by atoms with E-state index in [1.54, 1.807) is 10.9 Å². The molecule has 1 atom stereocenters. The summed E-state index contributed by atoms with van der Waals surface area (Å²) in [5.74, 6) is 5.51. The Kier molecular flexibility index (Phi) is 3.23. The molecule has 2 heterocycles. The minimum Gasteiger partial charge on any atom is -0.276 e. The van der Waals surface area contributed by atoms with Gasteiger partial charge < -0.3 is 0 Å². The average molecular weight is 218 g/mol. The molecule has 0 radical (unpaired) electrons. The molecule has 0 spiro atoms. The van der Waals surface area contributed by atoms with Crippen molar-refractivity contribution in [3.8, 4) is 0 Å². The normalized spacial score (nSPS) is 12.6. The van der Waals surface area contributed by atoms with Crippen molar-refractivity contribution in [3.05, 3.63) is 42.2 Å². The van der Waals surface area contributed by atoms with Crippen LogP contribution in [-0.4, -0.2) is 19.7 Å². The Hall–Kier alpha value is -1.79. The van der Waals surface area contributed by atoms with Gasteiger partial charge in [0.05, 0.1) is 17.4 Å². The second-order valence-electron chi connectivity index (χ2n) is 3.54. The highest BCUT2D eigenvalue weighted by Crippen LogP contribution is 2.13. The fourth-order valence-electron chi connectivity index (χ4n) is 1.54. The first-order valence-corrected chi connectivity index (χ1v) is 5.00. The molecule has 3 N–H and O–H groups in total. The summed E-state index contributed by atoms with van der Waals surface area (Å²) in [6.45, 7) is 0. The summed E-state index contributed by atoms with van der Waals surface area (Å²) in [5.41, 5.74) is 4.58. The zero-order chi connectivity index (χ0) is 11.4. The topological polar surface area (TPSA) is 81.7 Å². The number of hydrogen-bond donors (Lipinski definition) is 2. The minimum atomic E-state index is -0.0436. The van der Waals surface area contributed by atoms with Crippen molar-refractivity contribution in [3.63, 3.8) is 0 Å². The Morgan fingerprint density at radius 1 is 1.50 bits per heavy atom. The molecule has 2 rings (SSSR count). The standard InChI is InChI=1S/C10H14N6/c1-16-5-3-8(15-16)6-10(14-11)9-2-4-12-7-13-9/h2-5,7,10,14H,6,11H2,1H3. The first-order valence-electron chi connectivity index (χ1n) is 5.00. The molecular formula is C10H14N6. The lowest BCUT2D eigenvalue weighted by atomic mass is 10.1. The van der Waals surface area contributed by atoms with Crippen molar-refractivity contribution in [2.45, 2.75) is 12.5 Å².